The molecule has 1 unspecified atom stereocenters. The molecule has 0 amide bonds. The fourth-order valence-corrected chi connectivity index (χ4v) is 3.29. The largest absolute Gasteiger partial charge is 0.398 e. The van der Waals surface area contributed by atoms with E-state index in [4.69, 9.17) is 22.1 Å². The highest BCUT2D eigenvalue weighted by Gasteiger charge is 2.31. The average Bonchev–Trinajstić information content (AvgIpc) is 2.60. The van der Waals surface area contributed by atoms with Crippen LogP contribution in [0.25, 0.3) is 0 Å². The van der Waals surface area contributed by atoms with Crippen LogP contribution in [0.2, 0.25) is 5.02 Å². The Morgan fingerprint density at radius 3 is 2.94 bits per heavy atom. The summed E-state index contributed by atoms with van der Waals surface area (Å²) in [6.45, 7) is 4.29. The van der Waals surface area contributed by atoms with Crippen LogP contribution in [-0.2, 0) is 4.74 Å². The first-order valence-corrected chi connectivity index (χ1v) is 7.18. The predicted octanol–water partition coefficient (Wildman–Crippen LogP) is 3.97. The third kappa shape index (κ3) is 3.54. The Balaban J connectivity index is 1.92. The van der Waals surface area contributed by atoms with Gasteiger partial charge in [0.25, 0.3) is 0 Å². The molecule has 1 aromatic rings. The number of hydrogen-bond acceptors (Lipinski definition) is 3. The minimum absolute atomic E-state index is 0.0328. The van der Waals surface area contributed by atoms with Crippen LogP contribution in [0.15, 0.2) is 23.1 Å². The third-order valence-corrected chi connectivity index (χ3v) is 4.39. The van der Waals surface area contributed by atoms with Crippen molar-refractivity contribution in [1.29, 1.82) is 0 Å². The number of anilines is 1. The molecule has 2 rings (SSSR count). The van der Waals surface area contributed by atoms with Gasteiger partial charge in [-0.1, -0.05) is 11.6 Å². The zero-order chi connectivity index (χ0) is 12.5. The van der Waals surface area contributed by atoms with Gasteiger partial charge in [-0.05, 0) is 44.9 Å². The summed E-state index contributed by atoms with van der Waals surface area (Å²) in [6, 6.07) is 5.59. The second-order valence-electron chi connectivity index (χ2n) is 5.03. The lowest BCUT2D eigenvalue weighted by Crippen LogP contribution is -2.21. The molecule has 2 nitrogen and oxygen atoms in total. The van der Waals surface area contributed by atoms with E-state index in [0.717, 1.165) is 34.2 Å². The van der Waals surface area contributed by atoms with Gasteiger partial charge in [0.15, 0.2) is 0 Å². The molecular weight excluding hydrogens is 254 g/mol. The topological polar surface area (TPSA) is 35.2 Å². The Hall–Kier alpha value is -0.380. The summed E-state index contributed by atoms with van der Waals surface area (Å²) < 4.78 is 5.95. The molecule has 2 N–H and O–H groups in total. The Morgan fingerprint density at radius 2 is 2.29 bits per heavy atom. The fourth-order valence-electron chi connectivity index (χ4n) is 2.01. The normalized spacial score (nSPS) is 22.9. The number of thioether (sulfide) groups is 1. The third-order valence-electron chi connectivity index (χ3n) is 2.95. The molecule has 4 heteroatoms. The molecule has 1 aliphatic rings. The van der Waals surface area contributed by atoms with Gasteiger partial charge < -0.3 is 10.5 Å². The van der Waals surface area contributed by atoms with Gasteiger partial charge in [0.05, 0.1) is 11.7 Å². The summed E-state index contributed by atoms with van der Waals surface area (Å²) >= 11 is 7.68. The van der Waals surface area contributed by atoms with Crippen molar-refractivity contribution in [2.24, 2.45) is 0 Å². The lowest BCUT2D eigenvalue weighted by Gasteiger charge is -2.19. The van der Waals surface area contributed by atoms with Crippen molar-refractivity contribution in [3.63, 3.8) is 0 Å². The number of rotatable bonds is 3. The van der Waals surface area contributed by atoms with E-state index in [2.05, 4.69) is 13.8 Å². The summed E-state index contributed by atoms with van der Waals surface area (Å²) in [5, 5.41) is 0.731. The summed E-state index contributed by atoms with van der Waals surface area (Å²) in [5.41, 5.74) is 6.73. The van der Waals surface area contributed by atoms with E-state index < -0.39 is 0 Å². The first-order chi connectivity index (χ1) is 7.96. The van der Waals surface area contributed by atoms with Crippen molar-refractivity contribution in [3.05, 3.63) is 23.2 Å². The minimum Gasteiger partial charge on any atom is -0.398 e. The predicted molar refractivity (Wildman–Crippen MR) is 74.8 cm³/mol. The van der Waals surface area contributed by atoms with Gasteiger partial charge in [-0.25, -0.2) is 0 Å². The molecule has 1 heterocycles. The summed E-state index contributed by atoms with van der Waals surface area (Å²) in [4.78, 5) is 1.05. The van der Waals surface area contributed by atoms with Crippen LogP contribution in [0.5, 0.6) is 0 Å². The number of ether oxygens (including phenoxy) is 1. The van der Waals surface area contributed by atoms with Crippen LogP contribution in [-0.4, -0.2) is 17.5 Å². The quantitative estimate of drug-likeness (QED) is 0.667. The highest BCUT2D eigenvalue weighted by molar-refractivity contribution is 7.99. The molecule has 0 aliphatic carbocycles. The van der Waals surface area contributed by atoms with Gasteiger partial charge in [0.1, 0.15) is 0 Å². The Morgan fingerprint density at radius 1 is 1.53 bits per heavy atom. The highest BCUT2D eigenvalue weighted by Crippen LogP contribution is 2.34. The van der Waals surface area contributed by atoms with Gasteiger partial charge in [-0.3, -0.25) is 0 Å². The molecule has 0 spiro atoms. The van der Waals surface area contributed by atoms with Crippen LogP contribution in [0.3, 0.4) is 0 Å². The van der Waals surface area contributed by atoms with E-state index in [-0.39, 0.29) is 5.60 Å². The van der Waals surface area contributed by atoms with Crippen molar-refractivity contribution in [3.8, 4) is 0 Å². The van der Waals surface area contributed by atoms with Crippen LogP contribution in [0.4, 0.5) is 5.69 Å². The number of hydrogen-bond donors (Lipinski definition) is 1. The van der Waals surface area contributed by atoms with E-state index >= 15 is 0 Å². The zero-order valence-corrected chi connectivity index (χ0v) is 11.8. The van der Waals surface area contributed by atoms with Crippen molar-refractivity contribution in [1.82, 2.24) is 0 Å². The summed E-state index contributed by atoms with van der Waals surface area (Å²) in [5.74, 6) is 0.938. The Bertz CT molecular complexity index is 408. The molecule has 0 aromatic heterocycles. The second kappa shape index (κ2) is 5.09. The first-order valence-electron chi connectivity index (χ1n) is 5.82. The van der Waals surface area contributed by atoms with Gasteiger partial charge in [-0.2, -0.15) is 0 Å². The summed E-state index contributed by atoms with van der Waals surface area (Å²) in [6.07, 6.45) is 2.58. The standard InChI is InChI=1S/C13H18ClNOS/c1-13(2)6-5-10(16-13)8-17-12-7-9(14)3-4-11(12)15/h3-4,7,10H,5-6,8,15H2,1-2H3. The van der Waals surface area contributed by atoms with Crippen LogP contribution < -0.4 is 5.73 Å². The van der Waals surface area contributed by atoms with Crippen LogP contribution in [0.1, 0.15) is 26.7 Å². The Labute approximate surface area is 112 Å². The monoisotopic (exact) mass is 271 g/mol. The highest BCUT2D eigenvalue weighted by atomic mass is 35.5. The molecule has 0 radical (unpaired) electrons. The Kier molecular flexibility index (Phi) is 3.91. The lowest BCUT2D eigenvalue weighted by atomic mass is 10.1. The molecule has 0 saturated carbocycles. The van der Waals surface area contributed by atoms with Gasteiger partial charge in [0, 0.05) is 21.4 Å². The van der Waals surface area contributed by atoms with Crippen molar-refractivity contribution < 1.29 is 4.74 Å². The van der Waals surface area contributed by atoms with Gasteiger partial charge >= 0.3 is 0 Å². The van der Waals surface area contributed by atoms with E-state index in [1.54, 1.807) is 11.8 Å². The molecule has 1 atom stereocenters. The molecule has 94 valence electrons. The number of nitrogens with two attached hydrogens (primary N) is 1. The SMILES string of the molecule is CC1(C)CCC(CSc2cc(Cl)ccc2N)O1. The molecule has 1 aliphatic heterocycles. The maximum absolute atomic E-state index is 5.96. The van der Waals surface area contributed by atoms with Crippen molar-refractivity contribution in [2.45, 2.75) is 43.3 Å². The number of benzene rings is 1. The molecular formula is C13H18ClNOS. The van der Waals surface area contributed by atoms with Crippen molar-refractivity contribution in [2.75, 3.05) is 11.5 Å². The molecule has 1 fully saturated rings. The number of halogens is 1. The lowest BCUT2D eigenvalue weighted by molar-refractivity contribution is -0.00466. The molecule has 1 aromatic carbocycles. The van der Waals surface area contributed by atoms with Gasteiger partial charge in [0.2, 0.25) is 0 Å². The van der Waals surface area contributed by atoms with E-state index in [1.807, 2.05) is 18.2 Å². The van der Waals surface area contributed by atoms with Gasteiger partial charge in [-0.15, -0.1) is 11.8 Å². The smallest absolute Gasteiger partial charge is 0.0677 e. The van der Waals surface area contributed by atoms with Crippen LogP contribution >= 0.6 is 23.4 Å². The molecule has 0 bridgehead atoms. The maximum Gasteiger partial charge on any atom is 0.0677 e. The first kappa shape index (κ1) is 13.1. The average molecular weight is 272 g/mol. The van der Waals surface area contributed by atoms with Crippen molar-refractivity contribution >= 4 is 29.1 Å². The number of nitrogen functional groups attached to an aromatic ring is 1. The zero-order valence-electron chi connectivity index (χ0n) is 10.2. The fraction of sp³-hybridized carbons (Fsp3) is 0.538. The van der Waals surface area contributed by atoms with E-state index in [1.165, 1.54) is 0 Å². The molecule has 17 heavy (non-hydrogen) atoms. The minimum atomic E-state index is 0.0328. The molecule has 1 saturated heterocycles. The maximum atomic E-state index is 5.96. The van der Waals surface area contributed by atoms with E-state index in [0.29, 0.717) is 6.10 Å². The second-order valence-corrected chi connectivity index (χ2v) is 6.53. The van der Waals surface area contributed by atoms with Crippen LogP contribution in [0, 0.1) is 0 Å². The van der Waals surface area contributed by atoms with E-state index in [9.17, 15) is 0 Å². The summed E-state index contributed by atoms with van der Waals surface area (Å²) in [7, 11) is 0.